The molecular formula is C42H44N6O10. The fourth-order valence-corrected chi connectivity index (χ4v) is 6.22. The number of hydrogen-bond donors (Lipinski definition) is 8. The summed E-state index contributed by atoms with van der Waals surface area (Å²) in [6, 6.07) is 21.7. The molecule has 0 spiro atoms. The zero-order valence-corrected chi connectivity index (χ0v) is 31.4. The molecule has 2 atom stereocenters. The third-order valence-electron chi connectivity index (χ3n) is 9.23. The zero-order valence-electron chi connectivity index (χ0n) is 31.4. The van der Waals surface area contributed by atoms with E-state index in [-0.39, 0.29) is 59.2 Å². The van der Waals surface area contributed by atoms with Crippen LogP contribution in [0.3, 0.4) is 0 Å². The number of aromatic hydroxyl groups is 2. The number of carbonyl (C=O) groups excluding carboxylic acids is 6. The number of amides is 6. The second kappa shape index (κ2) is 20.1. The maximum Gasteiger partial charge on any atom is 0.322 e. The predicted octanol–water partition coefficient (Wildman–Crippen LogP) is 2.36. The van der Waals surface area contributed by atoms with Gasteiger partial charge in [-0.15, -0.1) is 0 Å². The zero-order chi connectivity index (χ0) is 41.6. The number of carboxylic acids is 1. The highest BCUT2D eigenvalue weighted by molar-refractivity contribution is 6.05. The Hall–Kier alpha value is -7.23. The van der Waals surface area contributed by atoms with Crippen LogP contribution < -0.4 is 26.6 Å². The van der Waals surface area contributed by atoms with E-state index in [1.165, 1.54) is 66.7 Å². The summed E-state index contributed by atoms with van der Waals surface area (Å²) in [6.45, 7) is 0.581. The molecular weight excluding hydrogens is 748 g/mol. The van der Waals surface area contributed by atoms with Crippen LogP contribution in [0.15, 0.2) is 97.1 Å². The molecule has 302 valence electrons. The minimum atomic E-state index is -1.31. The Balaban J connectivity index is 1.41. The lowest BCUT2D eigenvalue weighted by Crippen LogP contribution is -2.49. The van der Waals surface area contributed by atoms with E-state index in [1.807, 2.05) is 0 Å². The summed E-state index contributed by atoms with van der Waals surface area (Å²) < 4.78 is 0. The molecule has 1 fully saturated rings. The molecule has 1 aliphatic rings. The van der Waals surface area contributed by atoms with Gasteiger partial charge in [-0.2, -0.15) is 0 Å². The molecule has 4 aromatic carbocycles. The number of anilines is 1. The Morgan fingerprint density at radius 1 is 0.655 bits per heavy atom. The average Bonchev–Trinajstić information content (AvgIpc) is 3.63. The van der Waals surface area contributed by atoms with Gasteiger partial charge >= 0.3 is 5.97 Å². The molecule has 1 aliphatic heterocycles. The maximum absolute atomic E-state index is 14.0. The first-order chi connectivity index (χ1) is 27.8. The van der Waals surface area contributed by atoms with Gasteiger partial charge in [0.1, 0.15) is 30.1 Å². The highest BCUT2D eigenvalue weighted by atomic mass is 16.4. The molecule has 0 radical (unpaired) electrons. The van der Waals surface area contributed by atoms with Crippen molar-refractivity contribution in [3.63, 3.8) is 0 Å². The molecule has 0 bridgehead atoms. The number of carbonyl (C=O) groups is 7. The molecule has 16 nitrogen and oxygen atoms in total. The van der Waals surface area contributed by atoms with E-state index in [9.17, 15) is 43.8 Å². The molecule has 16 heteroatoms. The maximum atomic E-state index is 14.0. The first-order valence-corrected chi connectivity index (χ1v) is 18.6. The van der Waals surface area contributed by atoms with E-state index < -0.39 is 54.1 Å². The number of rotatable bonds is 18. The highest BCUT2D eigenvalue weighted by Gasteiger charge is 2.26. The molecule has 1 heterocycles. The second-order valence-electron chi connectivity index (χ2n) is 13.7. The molecule has 2 unspecified atom stereocenters. The van der Waals surface area contributed by atoms with Crippen LogP contribution in [0.25, 0.3) is 0 Å². The third kappa shape index (κ3) is 12.4. The molecule has 0 aliphatic carbocycles. The topological polar surface area (TPSA) is 244 Å². The van der Waals surface area contributed by atoms with Gasteiger partial charge in [-0.25, -0.2) is 0 Å². The van der Waals surface area contributed by atoms with Gasteiger partial charge in [0, 0.05) is 61.3 Å². The van der Waals surface area contributed by atoms with Gasteiger partial charge in [-0.3, -0.25) is 33.6 Å². The van der Waals surface area contributed by atoms with Crippen molar-refractivity contribution in [3.05, 3.63) is 125 Å². The smallest absolute Gasteiger partial charge is 0.322 e. The van der Waals surface area contributed by atoms with Crippen molar-refractivity contribution in [1.82, 2.24) is 26.2 Å². The normalized spacial score (nSPS) is 13.2. The van der Waals surface area contributed by atoms with Gasteiger partial charge in [-0.1, -0.05) is 42.5 Å². The van der Waals surface area contributed by atoms with Gasteiger partial charge in [-0.05, 0) is 78.6 Å². The number of likely N-dealkylation sites (tertiary alicyclic amines) is 1. The average molecular weight is 793 g/mol. The number of carboxylic acid groups (broad SMARTS) is 1. The van der Waals surface area contributed by atoms with Gasteiger partial charge in [0.2, 0.25) is 17.7 Å². The highest BCUT2D eigenvalue weighted by Crippen LogP contribution is 2.19. The van der Waals surface area contributed by atoms with E-state index in [0.29, 0.717) is 31.5 Å². The number of hydrogen-bond acceptors (Lipinski definition) is 9. The second-order valence-corrected chi connectivity index (χ2v) is 13.7. The Morgan fingerprint density at radius 3 is 1.83 bits per heavy atom. The summed E-state index contributed by atoms with van der Waals surface area (Å²) in [4.78, 5) is 92.7. The van der Waals surface area contributed by atoms with Crippen LogP contribution in [0, 0.1) is 0 Å². The lowest BCUT2D eigenvalue weighted by Gasteiger charge is -2.21. The number of phenols is 2. The summed E-state index contributed by atoms with van der Waals surface area (Å²) in [6.07, 6.45) is 1.70. The summed E-state index contributed by atoms with van der Waals surface area (Å²) >= 11 is 0. The largest absolute Gasteiger partial charge is 0.508 e. The third-order valence-corrected chi connectivity index (χ3v) is 9.23. The van der Waals surface area contributed by atoms with Gasteiger partial charge in [0.25, 0.3) is 17.7 Å². The monoisotopic (exact) mass is 792 g/mol. The lowest BCUT2D eigenvalue weighted by atomic mass is 10.0. The van der Waals surface area contributed by atoms with Gasteiger partial charge in [0.05, 0.1) is 0 Å². The van der Waals surface area contributed by atoms with Crippen molar-refractivity contribution in [1.29, 1.82) is 0 Å². The molecule has 58 heavy (non-hydrogen) atoms. The van der Waals surface area contributed by atoms with Crippen LogP contribution >= 0.6 is 0 Å². The van der Waals surface area contributed by atoms with Gasteiger partial charge < -0.3 is 46.8 Å². The summed E-state index contributed by atoms with van der Waals surface area (Å²) in [5, 5.41) is 41.6. The molecule has 4 aromatic rings. The van der Waals surface area contributed by atoms with E-state index in [4.69, 9.17) is 5.11 Å². The Morgan fingerprint density at radius 2 is 1.22 bits per heavy atom. The fraction of sp³-hybridized carbons (Fsp3) is 0.262. The molecule has 5 rings (SSSR count). The first kappa shape index (κ1) is 41.9. The number of nitrogens with one attached hydrogen (secondary N) is 5. The van der Waals surface area contributed by atoms with Crippen LogP contribution in [0.1, 0.15) is 61.5 Å². The van der Waals surface area contributed by atoms with E-state index in [0.717, 1.165) is 12.0 Å². The number of aliphatic carboxylic acids is 1. The quantitative estimate of drug-likeness (QED) is 0.0684. The van der Waals surface area contributed by atoms with Crippen molar-refractivity contribution in [3.8, 4) is 11.5 Å². The SMILES string of the molecule is O=C(O)CNC(=O)C(Cc1ccc(O)cc1)NC(=O)c1cc(NC(=O)C(Cc2ccccc2)NC(=O)c2ccc(O)cc2)cc(C(=O)NCCCN2CCCC2=O)c1. The van der Waals surface area contributed by atoms with Crippen LogP contribution in [0.5, 0.6) is 11.5 Å². The van der Waals surface area contributed by atoms with E-state index in [2.05, 4.69) is 26.6 Å². The Labute approximate surface area is 333 Å². The van der Waals surface area contributed by atoms with Crippen molar-refractivity contribution in [2.45, 2.75) is 44.2 Å². The van der Waals surface area contributed by atoms with E-state index in [1.54, 1.807) is 35.2 Å². The molecule has 0 saturated carbocycles. The number of phenolic OH excluding ortho intramolecular Hbond substituents is 2. The molecule has 6 amide bonds. The summed E-state index contributed by atoms with van der Waals surface area (Å²) in [5.74, 6) is -4.86. The predicted molar refractivity (Wildman–Crippen MR) is 211 cm³/mol. The van der Waals surface area contributed by atoms with Crippen molar-refractivity contribution in [2.24, 2.45) is 0 Å². The van der Waals surface area contributed by atoms with Crippen LogP contribution in [0.2, 0.25) is 0 Å². The summed E-state index contributed by atoms with van der Waals surface area (Å²) in [5.41, 5.74) is 1.28. The first-order valence-electron chi connectivity index (χ1n) is 18.6. The van der Waals surface area contributed by atoms with Gasteiger partial charge in [0.15, 0.2) is 0 Å². The standard InChI is InChI=1S/C42H44N6O10/c49-32-13-9-27(10-14-32)21-34(41(57)44-25-37(52)53)46-40(56)30-22-29(38(54)43-17-5-19-48-18-4-8-36(48)51)23-31(24-30)45-42(58)35(20-26-6-2-1-3-7-26)47-39(55)28-11-15-33(50)16-12-28/h1-3,6-7,9-16,22-24,34-35,49-50H,4-5,8,17-21,25H2,(H,43,54)(H,44,57)(H,45,58)(H,46,56)(H,47,55)(H,52,53). The van der Waals surface area contributed by atoms with Crippen molar-refractivity contribution in [2.75, 3.05) is 31.5 Å². The minimum absolute atomic E-state index is 0.00724. The summed E-state index contributed by atoms with van der Waals surface area (Å²) in [7, 11) is 0. The minimum Gasteiger partial charge on any atom is -0.508 e. The molecule has 0 aromatic heterocycles. The molecule has 1 saturated heterocycles. The van der Waals surface area contributed by atoms with Crippen molar-refractivity contribution >= 4 is 47.1 Å². The Bertz CT molecular complexity index is 2130. The van der Waals surface area contributed by atoms with E-state index >= 15 is 0 Å². The fourth-order valence-electron chi connectivity index (χ4n) is 6.22. The Kier molecular flexibility index (Phi) is 14.5. The number of nitrogens with zero attached hydrogens (tertiary/aromatic N) is 1. The van der Waals surface area contributed by atoms with Crippen LogP contribution in [0.4, 0.5) is 5.69 Å². The van der Waals surface area contributed by atoms with Crippen molar-refractivity contribution < 1.29 is 48.9 Å². The molecule has 8 N–H and O–H groups in total. The lowest BCUT2D eigenvalue weighted by molar-refractivity contribution is -0.138. The van der Waals surface area contributed by atoms with Crippen LogP contribution in [-0.2, 0) is 32.0 Å². The van der Waals surface area contributed by atoms with Crippen LogP contribution in [-0.4, -0.2) is 99.9 Å². The number of benzene rings is 4.